The minimum Gasteiger partial charge on any atom is -0.346 e. The summed E-state index contributed by atoms with van der Waals surface area (Å²) in [5, 5.41) is 0.881. The Morgan fingerprint density at radius 1 is 1.24 bits per heavy atom. The predicted octanol–water partition coefficient (Wildman–Crippen LogP) is 4.62. The van der Waals surface area contributed by atoms with Crippen LogP contribution in [-0.4, -0.2) is 16.1 Å². The average molecular weight is 307 g/mol. The second-order valence-corrected chi connectivity index (χ2v) is 9.01. The van der Waals surface area contributed by atoms with Crippen molar-refractivity contribution in [1.29, 1.82) is 0 Å². The maximum atomic E-state index is 6.46. The van der Waals surface area contributed by atoms with Gasteiger partial charge < -0.3 is 10.3 Å². The summed E-state index contributed by atoms with van der Waals surface area (Å²) in [6, 6.07) is 3.31. The number of aromatic nitrogens is 1. The van der Waals surface area contributed by atoms with Crippen LogP contribution in [0.2, 0.25) is 0 Å². The number of hydrogen-bond acceptors (Lipinski definition) is 2. The van der Waals surface area contributed by atoms with Crippen LogP contribution in [0.15, 0.2) is 6.07 Å². The molecule has 2 N–H and O–H groups in total. The van der Waals surface area contributed by atoms with Gasteiger partial charge >= 0.3 is 0 Å². The molecule has 0 aromatic carbocycles. The normalized spacial score (nSPS) is 32.0. The summed E-state index contributed by atoms with van der Waals surface area (Å²) >= 11 is 2.05. The number of thioether (sulfide) groups is 1. The van der Waals surface area contributed by atoms with Crippen LogP contribution in [0.4, 0.5) is 0 Å². The van der Waals surface area contributed by atoms with Crippen LogP contribution in [0, 0.1) is 12.3 Å². The lowest BCUT2D eigenvalue weighted by molar-refractivity contribution is 0.263. The largest absolute Gasteiger partial charge is 0.346 e. The van der Waals surface area contributed by atoms with Gasteiger partial charge in [-0.3, -0.25) is 0 Å². The van der Waals surface area contributed by atoms with Crippen LogP contribution in [0.5, 0.6) is 0 Å². The molecule has 1 atom stereocenters. The molecule has 2 aliphatic rings. The Balaban J connectivity index is 1.90. The van der Waals surface area contributed by atoms with Gasteiger partial charge in [0.1, 0.15) is 0 Å². The van der Waals surface area contributed by atoms with Gasteiger partial charge in [-0.2, -0.15) is 11.8 Å². The van der Waals surface area contributed by atoms with Gasteiger partial charge in [-0.1, -0.05) is 13.8 Å². The van der Waals surface area contributed by atoms with Gasteiger partial charge in [0.05, 0.1) is 0 Å². The van der Waals surface area contributed by atoms with E-state index < -0.39 is 0 Å². The lowest BCUT2D eigenvalue weighted by atomic mass is 9.74. The van der Waals surface area contributed by atoms with Crippen molar-refractivity contribution in [2.24, 2.45) is 11.1 Å². The third kappa shape index (κ3) is 2.92. The van der Waals surface area contributed by atoms with E-state index in [4.69, 9.17) is 5.73 Å². The maximum absolute atomic E-state index is 6.46. The van der Waals surface area contributed by atoms with Crippen molar-refractivity contribution in [3.05, 3.63) is 23.0 Å². The number of fused-ring (bicyclic) bond motifs is 1. The molecule has 1 aromatic rings. The standard InChI is InChI=1S/C18H30N2S/c1-12-9-15-16(19)10-18(2,3)11-17(15)20(12)13-5-7-14(21-4)8-6-13/h9,13-14,16H,5-8,10-11,19H2,1-4H3. The van der Waals surface area contributed by atoms with Gasteiger partial charge in [0.25, 0.3) is 0 Å². The maximum Gasteiger partial charge on any atom is 0.0336 e. The average Bonchev–Trinajstić information content (AvgIpc) is 2.74. The summed E-state index contributed by atoms with van der Waals surface area (Å²) in [6.45, 7) is 7.01. The second-order valence-electron chi connectivity index (χ2n) is 7.88. The molecule has 0 bridgehead atoms. The van der Waals surface area contributed by atoms with Crippen LogP contribution >= 0.6 is 11.8 Å². The van der Waals surface area contributed by atoms with Gasteiger partial charge in [-0.25, -0.2) is 0 Å². The fraction of sp³-hybridized carbons (Fsp3) is 0.778. The molecule has 1 aromatic heterocycles. The highest BCUT2D eigenvalue weighted by atomic mass is 32.2. The molecular formula is C18H30N2S. The van der Waals surface area contributed by atoms with Gasteiger partial charge in [-0.05, 0) is 68.7 Å². The molecule has 1 heterocycles. The Morgan fingerprint density at radius 2 is 1.90 bits per heavy atom. The zero-order chi connectivity index (χ0) is 15.2. The molecular weight excluding hydrogens is 276 g/mol. The van der Waals surface area contributed by atoms with Crippen molar-refractivity contribution < 1.29 is 0 Å². The van der Waals surface area contributed by atoms with Gasteiger partial charge in [0.2, 0.25) is 0 Å². The number of rotatable bonds is 2. The molecule has 118 valence electrons. The van der Waals surface area contributed by atoms with Gasteiger partial charge in [0.15, 0.2) is 0 Å². The quantitative estimate of drug-likeness (QED) is 0.864. The predicted molar refractivity (Wildman–Crippen MR) is 93.0 cm³/mol. The summed E-state index contributed by atoms with van der Waals surface area (Å²) in [5.74, 6) is 0. The summed E-state index contributed by atoms with van der Waals surface area (Å²) in [6.07, 6.45) is 9.97. The van der Waals surface area contributed by atoms with E-state index in [0.29, 0.717) is 11.5 Å². The zero-order valence-electron chi connectivity index (χ0n) is 14.0. The molecule has 3 rings (SSSR count). The molecule has 1 fully saturated rings. The van der Waals surface area contributed by atoms with E-state index in [0.717, 1.165) is 11.7 Å². The third-order valence-corrected chi connectivity index (χ3v) is 6.67. The van der Waals surface area contributed by atoms with Crippen molar-refractivity contribution in [3.63, 3.8) is 0 Å². The van der Waals surface area contributed by atoms with E-state index in [9.17, 15) is 0 Å². The van der Waals surface area contributed by atoms with Gasteiger partial charge in [-0.15, -0.1) is 0 Å². The number of aryl methyl sites for hydroxylation is 1. The van der Waals surface area contributed by atoms with Crippen LogP contribution in [0.25, 0.3) is 0 Å². The molecule has 2 nitrogen and oxygen atoms in total. The molecule has 0 spiro atoms. The number of nitrogens with zero attached hydrogens (tertiary/aromatic N) is 1. The highest BCUT2D eigenvalue weighted by Crippen LogP contribution is 2.44. The zero-order valence-corrected chi connectivity index (χ0v) is 14.8. The number of hydrogen-bond donors (Lipinski definition) is 1. The monoisotopic (exact) mass is 306 g/mol. The second kappa shape index (κ2) is 5.66. The summed E-state index contributed by atoms with van der Waals surface area (Å²) in [7, 11) is 0. The molecule has 2 aliphatic carbocycles. The topological polar surface area (TPSA) is 30.9 Å². The highest BCUT2D eigenvalue weighted by molar-refractivity contribution is 7.99. The fourth-order valence-corrected chi connectivity index (χ4v) is 5.26. The number of nitrogens with two attached hydrogens (primary N) is 1. The molecule has 1 saturated carbocycles. The van der Waals surface area contributed by atoms with Crippen molar-refractivity contribution in [2.45, 2.75) is 76.6 Å². The first-order valence-corrected chi connectivity index (χ1v) is 9.69. The summed E-state index contributed by atoms with van der Waals surface area (Å²) in [4.78, 5) is 0. The highest BCUT2D eigenvalue weighted by Gasteiger charge is 2.35. The minimum atomic E-state index is 0.228. The third-order valence-electron chi connectivity index (χ3n) is 5.53. The first-order valence-electron chi connectivity index (χ1n) is 8.40. The lowest BCUT2D eigenvalue weighted by Gasteiger charge is -2.37. The first-order chi connectivity index (χ1) is 9.91. The summed E-state index contributed by atoms with van der Waals surface area (Å²) < 4.78 is 2.66. The minimum absolute atomic E-state index is 0.228. The first kappa shape index (κ1) is 15.5. The Bertz CT molecular complexity index is 510. The van der Waals surface area contributed by atoms with E-state index in [2.05, 4.69) is 37.7 Å². The smallest absolute Gasteiger partial charge is 0.0336 e. The van der Waals surface area contributed by atoms with E-state index in [1.165, 1.54) is 43.4 Å². The Morgan fingerprint density at radius 3 is 2.52 bits per heavy atom. The molecule has 3 heteroatoms. The van der Waals surface area contributed by atoms with E-state index >= 15 is 0 Å². The van der Waals surface area contributed by atoms with E-state index in [-0.39, 0.29) is 6.04 Å². The Labute approximate surface area is 133 Å². The van der Waals surface area contributed by atoms with Crippen LogP contribution < -0.4 is 5.73 Å². The van der Waals surface area contributed by atoms with Crippen LogP contribution in [-0.2, 0) is 6.42 Å². The Kier molecular flexibility index (Phi) is 4.17. The molecule has 0 aliphatic heterocycles. The molecule has 0 radical (unpaired) electrons. The van der Waals surface area contributed by atoms with Crippen molar-refractivity contribution in [3.8, 4) is 0 Å². The van der Waals surface area contributed by atoms with Crippen LogP contribution in [0.3, 0.4) is 0 Å². The molecule has 1 unspecified atom stereocenters. The Hall–Kier alpha value is -0.410. The summed E-state index contributed by atoms with van der Waals surface area (Å²) in [5.41, 5.74) is 11.2. The van der Waals surface area contributed by atoms with Crippen molar-refractivity contribution in [2.75, 3.05) is 6.26 Å². The van der Waals surface area contributed by atoms with Gasteiger partial charge in [0, 0.05) is 28.7 Å². The molecule has 0 saturated heterocycles. The van der Waals surface area contributed by atoms with E-state index in [1.54, 1.807) is 5.69 Å². The molecule has 0 amide bonds. The molecule has 21 heavy (non-hydrogen) atoms. The lowest BCUT2D eigenvalue weighted by Crippen LogP contribution is -2.31. The SMILES string of the molecule is CSC1CCC(n2c(C)cc3c2CC(C)(C)CC3N)CC1. The van der Waals surface area contributed by atoms with Crippen molar-refractivity contribution in [1.82, 2.24) is 4.57 Å². The van der Waals surface area contributed by atoms with Crippen molar-refractivity contribution >= 4 is 11.8 Å². The fourth-order valence-electron chi connectivity index (χ4n) is 4.52. The van der Waals surface area contributed by atoms with E-state index in [1.807, 2.05) is 11.8 Å². The van der Waals surface area contributed by atoms with Crippen LogP contribution in [0.1, 0.15) is 75.0 Å².